The summed E-state index contributed by atoms with van der Waals surface area (Å²) in [6.45, 7) is 4.40. The summed E-state index contributed by atoms with van der Waals surface area (Å²) in [5.41, 5.74) is 2.70. The van der Waals surface area contributed by atoms with Crippen molar-refractivity contribution in [1.29, 1.82) is 0 Å². The first-order valence-electron chi connectivity index (χ1n) is 11.0. The molecule has 3 aromatic heterocycles. The van der Waals surface area contributed by atoms with Gasteiger partial charge in [-0.1, -0.05) is 6.42 Å². The first-order chi connectivity index (χ1) is 15.2. The topological polar surface area (TPSA) is 103 Å². The number of hydrogen-bond acceptors (Lipinski definition) is 8. The van der Waals surface area contributed by atoms with Gasteiger partial charge in [-0.15, -0.1) is 0 Å². The predicted molar refractivity (Wildman–Crippen MR) is 116 cm³/mol. The molecule has 0 saturated carbocycles. The molecule has 0 aliphatic carbocycles. The maximum atomic E-state index is 12.5. The molecule has 1 unspecified atom stereocenters. The molecule has 164 valence electrons. The van der Waals surface area contributed by atoms with Crippen LogP contribution in [0.5, 0.6) is 0 Å². The third kappa shape index (κ3) is 4.17. The molecule has 3 aromatic rings. The van der Waals surface area contributed by atoms with Gasteiger partial charge in [0.05, 0.1) is 37.0 Å². The van der Waals surface area contributed by atoms with Crippen LogP contribution in [0.2, 0.25) is 0 Å². The molecule has 2 aliphatic rings. The van der Waals surface area contributed by atoms with E-state index in [0.717, 1.165) is 60.6 Å². The number of piperidine rings is 1. The molecule has 1 saturated heterocycles. The third-order valence-corrected chi connectivity index (χ3v) is 6.29. The zero-order valence-electron chi connectivity index (χ0n) is 17.8. The third-order valence-electron chi connectivity index (χ3n) is 6.29. The lowest BCUT2D eigenvalue weighted by atomic mass is 10.0. The molecule has 5 heterocycles. The molecule has 31 heavy (non-hydrogen) atoms. The fraction of sp³-hybridized carbons (Fsp3) is 0.571. The van der Waals surface area contributed by atoms with Gasteiger partial charge in [0.1, 0.15) is 12.1 Å². The van der Waals surface area contributed by atoms with Crippen LogP contribution in [0.1, 0.15) is 30.5 Å². The van der Waals surface area contributed by atoms with Crippen molar-refractivity contribution in [3.05, 3.63) is 40.2 Å². The quantitative estimate of drug-likeness (QED) is 0.624. The van der Waals surface area contributed by atoms with E-state index in [-0.39, 0.29) is 5.56 Å². The van der Waals surface area contributed by atoms with Crippen molar-refractivity contribution in [1.82, 2.24) is 34.4 Å². The Morgan fingerprint density at radius 1 is 1.26 bits per heavy atom. The van der Waals surface area contributed by atoms with Crippen LogP contribution in [0.3, 0.4) is 0 Å². The summed E-state index contributed by atoms with van der Waals surface area (Å²) < 4.78 is 8.81. The Morgan fingerprint density at radius 2 is 2.19 bits per heavy atom. The van der Waals surface area contributed by atoms with E-state index in [9.17, 15) is 4.79 Å². The standard InChI is InChI=1S/C21H28N8O2/c1-27-21-17(12-25-27)20(23-14-24-21)22-11-16-4-2-3-6-28(16)7-8-29-19(30)10-15-13-31-9-5-18(15)26-29/h10,12,14,16H,2-9,11,13H2,1H3,(H,22,23,24). The second-order valence-corrected chi connectivity index (χ2v) is 8.27. The average Bonchev–Trinajstić information content (AvgIpc) is 3.18. The highest BCUT2D eigenvalue weighted by Crippen LogP contribution is 2.21. The molecule has 0 amide bonds. The highest BCUT2D eigenvalue weighted by atomic mass is 16.5. The van der Waals surface area contributed by atoms with Gasteiger partial charge in [0, 0.05) is 44.2 Å². The van der Waals surface area contributed by atoms with Gasteiger partial charge in [-0.3, -0.25) is 14.4 Å². The van der Waals surface area contributed by atoms with Gasteiger partial charge in [0.15, 0.2) is 5.65 Å². The molecule has 0 bridgehead atoms. The van der Waals surface area contributed by atoms with Gasteiger partial charge in [0.2, 0.25) is 0 Å². The van der Waals surface area contributed by atoms with Crippen LogP contribution in [-0.4, -0.2) is 66.7 Å². The highest BCUT2D eigenvalue weighted by Gasteiger charge is 2.23. The van der Waals surface area contributed by atoms with E-state index in [1.165, 1.54) is 12.8 Å². The van der Waals surface area contributed by atoms with E-state index in [0.29, 0.717) is 25.8 Å². The predicted octanol–water partition coefficient (Wildman–Crippen LogP) is 0.959. The van der Waals surface area contributed by atoms with Gasteiger partial charge < -0.3 is 10.1 Å². The Morgan fingerprint density at radius 3 is 3.13 bits per heavy atom. The van der Waals surface area contributed by atoms with Crippen LogP contribution in [0, 0.1) is 0 Å². The number of anilines is 1. The number of ether oxygens (including phenoxy) is 1. The normalized spacial score (nSPS) is 19.5. The molecule has 10 nitrogen and oxygen atoms in total. The summed E-state index contributed by atoms with van der Waals surface area (Å²) in [4.78, 5) is 23.7. The summed E-state index contributed by atoms with van der Waals surface area (Å²) in [7, 11) is 1.88. The minimum atomic E-state index is -0.0455. The van der Waals surface area contributed by atoms with E-state index in [2.05, 4.69) is 30.4 Å². The fourth-order valence-electron chi connectivity index (χ4n) is 4.54. The van der Waals surface area contributed by atoms with Crippen molar-refractivity contribution in [3.63, 3.8) is 0 Å². The molecular weight excluding hydrogens is 396 g/mol. The average molecular weight is 425 g/mol. The summed E-state index contributed by atoms with van der Waals surface area (Å²) in [5.74, 6) is 0.818. The Kier molecular flexibility index (Phi) is 5.65. The molecule has 1 fully saturated rings. The van der Waals surface area contributed by atoms with Crippen LogP contribution in [0.15, 0.2) is 23.4 Å². The Labute approximate surface area is 180 Å². The van der Waals surface area contributed by atoms with E-state index in [4.69, 9.17) is 4.74 Å². The smallest absolute Gasteiger partial charge is 0.267 e. The molecule has 1 N–H and O–H groups in total. The monoisotopic (exact) mass is 424 g/mol. The second kappa shape index (κ2) is 8.72. The van der Waals surface area contributed by atoms with E-state index in [1.807, 2.05) is 7.05 Å². The minimum Gasteiger partial charge on any atom is -0.376 e. The molecule has 2 aliphatic heterocycles. The molecule has 0 aromatic carbocycles. The van der Waals surface area contributed by atoms with Crippen LogP contribution in [0.25, 0.3) is 11.0 Å². The minimum absolute atomic E-state index is 0.0455. The number of aromatic nitrogens is 6. The number of likely N-dealkylation sites (tertiary alicyclic amines) is 1. The first kappa shape index (κ1) is 20.1. The van der Waals surface area contributed by atoms with Crippen LogP contribution < -0.4 is 10.9 Å². The number of fused-ring (bicyclic) bond motifs is 2. The van der Waals surface area contributed by atoms with E-state index in [1.54, 1.807) is 28.0 Å². The van der Waals surface area contributed by atoms with Gasteiger partial charge >= 0.3 is 0 Å². The lowest BCUT2D eigenvalue weighted by Gasteiger charge is -2.36. The Hall–Kier alpha value is -2.85. The van der Waals surface area contributed by atoms with Gasteiger partial charge in [0.25, 0.3) is 5.56 Å². The van der Waals surface area contributed by atoms with Gasteiger partial charge in [-0.05, 0) is 19.4 Å². The van der Waals surface area contributed by atoms with Gasteiger partial charge in [-0.2, -0.15) is 10.2 Å². The molecule has 5 rings (SSSR count). The SMILES string of the molecule is Cn1ncc2c(NCC3CCCCN3CCn3nc4c(cc3=O)COCC4)ncnc21. The van der Waals surface area contributed by atoms with E-state index >= 15 is 0 Å². The number of nitrogens with one attached hydrogen (secondary N) is 1. The summed E-state index contributed by atoms with van der Waals surface area (Å²) in [6.07, 6.45) is 7.66. The van der Waals surface area contributed by atoms with Crippen molar-refractivity contribution < 1.29 is 4.74 Å². The van der Waals surface area contributed by atoms with Crippen molar-refractivity contribution in [2.75, 3.05) is 31.6 Å². The number of rotatable bonds is 6. The molecule has 0 radical (unpaired) electrons. The van der Waals surface area contributed by atoms with Crippen LogP contribution in [-0.2, 0) is 31.4 Å². The van der Waals surface area contributed by atoms with Crippen molar-refractivity contribution in [3.8, 4) is 0 Å². The summed E-state index contributed by atoms with van der Waals surface area (Å²) in [5, 5.41) is 13.3. The molecule has 10 heteroatoms. The fourth-order valence-corrected chi connectivity index (χ4v) is 4.54. The zero-order valence-corrected chi connectivity index (χ0v) is 17.8. The number of aryl methyl sites for hydroxylation is 1. The van der Waals surface area contributed by atoms with Crippen molar-refractivity contribution in [2.24, 2.45) is 7.05 Å². The van der Waals surface area contributed by atoms with Crippen LogP contribution in [0.4, 0.5) is 5.82 Å². The first-order valence-corrected chi connectivity index (χ1v) is 11.0. The second-order valence-electron chi connectivity index (χ2n) is 8.27. The van der Waals surface area contributed by atoms with Crippen LogP contribution >= 0.6 is 0 Å². The summed E-state index contributed by atoms with van der Waals surface area (Å²) >= 11 is 0. The highest BCUT2D eigenvalue weighted by molar-refractivity contribution is 5.85. The molecular formula is C21H28N8O2. The lowest BCUT2D eigenvalue weighted by molar-refractivity contribution is 0.107. The number of hydrogen-bond donors (Lipinski definition) is 1. The number of nitrogens with zero attached hydrogens (tertiary/aromatic N) is 7. The molecule has 0 spiro atoms. The largest absolute Gasteiger partial charge is 0.376 e. The lowest BCUT2D eigenvalue weighted by Crippen LogP contribution is -2.46. The van der Waals surface area contributed by atoms with Crippen molar-refractivity contribution >= 4 is 16.9 Å². The zero-order chi connectivity index (χ0) is 21.2. The Bertz CT molecular complexity index is 1120. The maximum absolute atomic E-state index is 12.5. The molecule has 1 atom stereocenters. The van der Waals surface area contributed by atoms with E-state index < -0.39 is 0 Å². The Balaban J connectivity index is 1.25. The maximum Gasteiger partial charge on any atom is 0.267 e. The van der Waals surface area contributed by atoms with Crippen molar-refractivity contribution in [2.45, 2.75) is 44.9 Å². The van der Waals surface area contributed by atoms with Gasteiger partial charge in [-0.25, -0.2) is 14.6 Å². The summed E-state index contributed by atoms with van der Waals surface area (Å²) in [6, 6.07) is 2.07.